The smallest absolute Gasteiger partial charge is 0.0474 e. The van der Waals surface area contributed by atoms with Crippen molar-refractivity contribution in [3.8, 4) is 0 Å². The molecule has 3 heteroatoms. The zero-order chi connectivity index (χ0) is 9.07. The lowest BCUT2D eigenvalue weighted by molar-refractivity contribution is 0.194. The van der Waals surface area contributed by atoms with Crippen LogP contribution in [0.4, 0.5) is 0 Å². The molecule has 0 unspecified atom stereocenters. The topological polar surface area (TPSA) is 33.3 Å². The van der Waals surface area contributed by atoms with Crippen LogP contribution in [0.3, 0.4) is 0 Å². The fourth-order valence-corrected chi connectivity index (χ4v) is 0.945. The van der Waals surface area contributed by atoms with Crippen LogP contribution in [0.2, 0.25) is 0 Å². The minimum Gasteiger partial charge on any atom is -0.385 e. The Labute approximate surface area is 75.9 Å². The van der Waals surface area contributed by atoms with Crippen molar-refractivity contribution >= 4 is 0 Å². The maximum atomic E-state index is 4.93. The summed E-state index contributed by atoms with van der Waals surface area (Å²) in [6.45, 7) is 7.35. The Kier molecular flexibility index (Phi) is 10.8. The predicted octanol–water partition coefficient (Wildman–Crippen LogP) is 0.612. The molecule has 0 saturated carbocycles. The van der Waals surface area contributed by atoms with Gasteiger partial charge >= 0.3 is 0 Å². The quantitative estimate of drug-likeness (QED) is 0.503. The van der Waals surface area contributed by atoms with Gasteiger partial charge in [-0.2, -0.15) is 0 Å². The molecule has 0 fully saturated rings. The van der Waals surface area contributed by atoms with E-state index in [1.165, 1.54) is 6.42 Å². The SMILES string of the molecule is CCCNCCNCCCOC. The van der Waals surface area contributed by atoms with Gasteiger partial charge in [0.05, 0.1) is 0 Å². The maximum Gasteiger partial charge on any atom is 0.0474 e. The minimum absolute atomic E-state index is 0.857. The molecule has 12 heavy (non-hydrogen) atoms. The van der Waals surface area contributed by atoms with Crippen LogP contribution in [-0.4, -0.2) is 39.9 Å². The van der Waals surface area contributed by atoms with E-state index in [0.717, 1.165) is 39.2 Å². The van der Waals surface area contributed by atoms with E-state index in [1.54, 1.807) is 7.11 Å². The van der Waals surface area contributed by atoms with Crippen molar-refractivity contribution in [2.75, 3.05) is 39.9 Å². The lowest BCUT2D eigenvalue weighted by atomic mass is 10.4. The van der Waals surface area contributed by atoms with Gasteiger partial charge in [-0.1, -0.05) is 6.92 Å². The van der Waals surface area contributed by atoms with Crippen LogP contribution in [0.25, 0.3) is 0 Å². The Hall–Kier alpha value is -0.120. The summed E-state index contributed by atoms with van der Waals surface area (Å²) in [7, 11) is 1.74. The largest absolute Gasteiger partial charge is 0.385 e. The predicted molar refractivity (Wildman–Crippen MR) is 52.5 cm³/mol. The summed E-state index contributed by atoms with van der Waals surface area (Å²) in [6, 6.07) is 0. The Bertz CT molecular complexity index is 68.9. The second kappa shape index (κ2) is 10.9. The van der Waals surface area contributed by atoms with Crippen LogP contribution >= 0.6 is 0 Å². The first-order valence-corrected chi connectivity index (χ1v) is 4.82. The minimum atomic E-state index is 0.857. The van der Waals surface area contributed by atoms with Gasteiger partial charge in [-0.25, -0.2) is 0 Å². The van der Waals surface area contributed by atoms with Crippen molar-refractivity contribution in [3.63, 3.8) is 0 Å². The molecule has 0 rings (SSSR count). The molecule has 0 saturated heterocycles. The summed E-state index contributed by atoms with van der Waals surface area (Å²) in [5.41, 5.74) is 0. The lowest BCUT2D eigenvalue weighted by Gasteiger charge is -2.04. The second-order valence-corrected chi connectivity index (χ2v) is 2.85. The maximum absolute atomic E-state index is 4.93. The number of ether oxygens (including phenoxy) is 1. The molecule has 0 aromatic heterocycles. The first kappa shape index (κ1) is 11.9. The summed E-state index contributed by atoms with van der Waals surface area (Å²) in [4.78, 5) is 0. The zero-order valence-electron chi connectivity index (χ0n) is 8.36. The average molecular weight is 174 g/mol. The molecule has 0 aliphatic heterocycles. The van der Waals surface area contributed by atoms with Crippen molar-refractivity contribution in [1.82, 2.24) is 10.6 Å². The van der Waals surface area contributed by atoms with Crippen molar-refractivity contribution in [2.24, 2.45) is 0 Å². The zero-order valence-corrected chi connectivity index (χ0v) is 8.36. The van der Waals surface area contributed by atoms with Crippen molar-refractivity contribution in [3.05, 3.63) is 0 Å². The molecule has 3 nitrogen and oxygen atoms in total. The van der Waals surface area contributed by atoms with E-state index in [2.05, 4.69) is 17.6 Å². The van der Waals surface area contributed by atoms with Crippen molar-refractivity contribution in [2.45, 2.75) is 19.8 Å². The monoisotopic (exact) mass is 174 g/mol. The molecule has 0 heterocycles. The van der Waals surface area contributed by atoms with E-state index in [1.807, 2.05) is 0 Å². The fraction of sp³-hybridized carbons (Fsp3) is 1.00. The molecule has 0 atom stereocenters. The van der Waals surface area contributed by atoms with E-state index in [-0.39, 0.29) is 0 Å². The molecule has 2 N–H and O–H groups in total. The summed E-state index contributed by atoms with van der Waals surface area (Å²) < 4.78 is 4.93. The lowest BCUT2D eigenvalue weighted by Crippen LogP contribution is -2.28. The summed E-state index contributed by atoms with van der Waals surface area (Å²) >= 11 is 0. The van der Waals surface area contributed by atoms with Gasteiger partial charge < -0.3 is 15.4 Å². The first-order chi connectivity index (χ1) is 5.91. The van der Waals surface area contributed by atoms with Crippen molar-refractivity contribution < 1.29 is 4.74 Å². The van der Waals surface area contributed by atoms with E-state index in [9.17, 15) is 0 Å². The highest BCUT2D eigenvalue weighted by molar-refractivity contribution is 4.51. The highest BCUT2D eigenvalue weighted by atomic mass is 16.5. The second-order valence-electron chi connectivity index (χ2n) is 2.85. The van der Waals surface area contributed by atoms with Gasteiger partial charge in [-0.05, 0) is 25.9 Å². The Balaban J connectivity index is 2.73. The van der Waals surface area contributed by atoms with Gasteiger partial charge in [0.15, 0.2) is 0 Å². The number of rotatable bonds is 9. The van der Waals surface area contributed by atoms with Gasteiger partial charge in [0.2, 0.25) is 0 Å². The Morgan fingerprint density at radius 1 is 1.00 bits per heavy atom. The van der Waals surface area contributed by atoms with Gasteiger partial charge in [0.25, 0.3) is 0 Å². The molecule has 0 amide bonds. The molecule has 0 radical (unpaired) electrons. The first-order valence-electron chi connectivity index (χ1n) is 4.82. The van der Waals surface area contributed by atoms with E-state index in [0.29, 0.717) is 0 Å². The third kappa shape index (κ3) is 9.88. The fourth-order valence-electron chi connectivity index (χ4n) is 0.945. The van der Waals surface area contributed by atoms with Crippen molar-refractivity contribution in [1.29, 1.82) is 0 Å². The molecule has 0 aromatic carbocycles. The Morgan fingerprint density at radius 3 is 2.25 bits per heavy atom. The van der Waals surface area contributed by atoms with E-state index in [4.69, 9.17) is 4.74 Å². The number of hydrogen-bond acceptors (Lipinski definition) is 3. The van der Waals surface area contributed by atoms with Gasteiger partial charge in [-0.3, -0.25) is 0 Å². The van der Waals surface area contributed by atoms with E-state index < -0.39 is 0 Å². The highest BCUT2D eigenvalue weighted by Crippen LogP contribution is 1.75. The molecule has 0 spiro atoms. The number of nitrogens with one attached hydrogen (secondary N) is 2. The summed E-state index contributed by atoms with van der Waals surface area (Å²) in [5, 5.41) is 6.67. The highest BCUT2D eigenvalue weighted by Gasteiger charge is 1.87. The van der Waals surface area contributed by atoms with Crippen LogP contribution in [0.15, 0.2) is 0 Å². The average Bonchev–Trinajstić information content (AvgIpc) is 2.10. The Morgan fingerprint density at radius 2 is 1.67 bits per heavy atom. The molecular formula is C9H22N2O. The molecule has 0 aliphatic rings. The van der Waals surface area contributed by atoms with Crippen LogP contribution in [0.1, 0.15) is 19.8 Å². The number of hydrogen-bond donors (Lipinski definition) is 2. The molecule has 0 bridgehead atoms. The molecule has 0 aliphatic carbocycles. The summed E-state index contributed by atoms with van der Waals surface area (Å²) in [6.07, 6.45) is 2.31. The molecule has 74 valence electrons. The van der Waals surface area contributed by atoms with Crippen LogP contribution in [0.5, 0.6) is 0 Å². The summed E-state index contributed by atoms with van der Waals surface area (Å²) in [5.74, 6) is 0. The van der Waals surface area contributed by atoms with Crippen LogP contribution in [-0.2, 0) is 4.74 Å². The third-order valence-corrected chi connectivity index (χ3v) is 1.61. The third-order valence-electron chi connectivity index (χ3n) is 1.61. The van der Waals surface area contributed by atoms with Gasteiger partial charge in [0, 0.05) is 26.8 Å². The van der Waals surface area contributed by atoms with Gasteiger partial charge in [-0.15, -0.1) is 0 Å². The number of methoxy groups -OCH3 is 1. The van der Waals surface area contributed by atoms with Crippen LogP contribution in [0, 0.1) is 0 Å². The standard InChI is InChI=1S/C9H22N2O/c1-3-5-10-7-8-11-6-4-9-12-2/h10-11H,3-9H2,1-2H3. The van der Waals surface area contributed by atoms with Crippen LogP contribution < -0.4 is 10.6 Å². The normalized spacial score (nSPS) is 10.5. The van der Waals surface area contributed by atoms with E-state index >= 15 is 0 Å². The van der Waals surface area contributed by atoms with Gasteiger partial charge in [0.1, 0.15) is 0 Å². The molecule has 0 aromatic rings. The molecular weight excluding hydrogens is 152 g/mol.